The lowest BCUT2D eigenvalue weighted by molar-refractivity contribution is -0.116. The molecule has 4 heteroatoms. The van der Waals surface area contributed by atoms with Gasteiger partial charge >= 0.3 is 0 Å². The molecule has 1 amide bonds. The number of nitrogens with zero attached hydrogens (tertiary/aromatic N) is 2. The molecule has 2 rings (SSSR count). The standard InChI is InChI=1S/C22H33N3O/c1-2-3-4-5-6-7-8-9-10-11-12-13-22(26)25-19-14-15-20-21(18-19)24-17-16-23-20/h14-18H,2-13H2,1H3,(H,25,26). The molecule has 0 bridgehead atoms. The lowest BCUT2D eigenvalue weighted by Gasteiger charge is -2.06. The molecule has 4 nitrogen and oxygen atoms in total. The van der Waals surface area contributed by atoms with Crippen molar-refractivity contribution in [1.29, 1.82) is 0 Å². The molecule has 1 heterocycles. The van der Waals surface area contributed by atoms with Crippen LogP contribution in [0.2, 0.25) is 0 Å². The van der Waals surface area contributed by atoms with E-state index in [0.717, 1.165) is 29.6 Å². The maximum atomic E-state index is 12.1. The number of benzene rings is 1. The maximum absolute atomic E-state index is 12.1. The van der Waals surface area contributed by atoms with Gasteiger partial charge in [0.1, 0.15) is 0 Å². The summed E-state index contributed by atoms with van der Waals surface area (Å²) in [4.78, 5) is 20.6. The van der Waals surface area contributed by atoms with Crippen LogP contribution in [0, 0.1) is 0 Å². The predicted octanol–water partition coefficient (Wildman–Crippen LogP) is 6.27. The molecule has 0 aliphatic heterocycles. The Kier molecular flexibility index (Phi) is 9.70. The Morgan fingerprint density at radius 1 is 0.808 bits per heavy atom. The Labute approximate surface area is 157 Å². The summed E-state index contributed by atoms with van der Waals surface area (Å²) in [7, 11) is 0. The normalized spacial score (nSPS) is 11.0. The van der Waals surface area contributed by atoms with E-state index in [0.29, 0.717) is 6.42 Å². The van der Waals surface area contributed by atoms with E-state index >= 15 is 0 Å². The number of aromatic nitrogens is 2. The van der Waals surface area contributed by atoms with Gasteiger partial charge in [0, 0.05) is 24.5 Å². The van der Waals surface area contributed by atoms with Crippen LogP contribution in [0.5, 0.6) is 0 Å². The SMILES string of the molecule is CCCCCCCCCCCCCC(=O)Nc1ccc2nccnc2c1. The predicted molar refractivity (Wildman–Crippen MR) is 109 cm³/mol. The molecule has 0 aliphatic rings. The number of hydrogen-bond donors (Lipinski definition) is 1. The number of hydrogen-bond acceptors (Lipinski definition) is 3. The fourth-order valence-electron chi connectivity index (χ4n) is 3.21. The summed E-state index contributed by atoms with van der Waals surface area (Å²) in [5.74, 6) is 0.0872. The van der Waals surface area contributed by atoms with Crippen molar-refractivity contribution in [3.8, 4) is 0 Å². The second kappa shape index (κ2) is 12.4. The Bertz CT molecular complexity index is 657. The van der Waals surface area contributed by atoms with Crippen LogP contribution >= 0.6 is 0 Å². The van der Waals surface area contributed by atoms with Crippen molar-refractivity contribution in [2.75, 3.05) is 5.32 Å². The zero-order chi connectivity index (χ0) is 18.5. The molecule has 0 atom stereocenters. The number of unbranched alkanes of at least 4 members (excludes halogenated alkanes) is 10. The molecule has 1 aromatic carbocycles. The average molecular weight is 356 g/mol. The Morgan fingerprint density at radius 2 is 1.38 bits per heavy atom. The molecule has 1 N–H and O–H groups in total. The highest BCUT2D eigenvalue weighted by molar-refractivity contribution is 5.92. The second-order valence-corrected chi connectivity index (χ2v) is 7.09. The monoisotopic (exact) mass is 355 g/mol. The van der Waals surface area contributed by atoms with E-state index in [2.05, 4.69) is 22.2 Å². The topological polar surface area (TPSA) is 54.9 Å². The van der Waals surface area contributed by atoms with E-state index in [1.54, 1.807) is 12.4 Å². The smallest absolute Gasteiger partial charge is 0.224 e. The molecule has 0 spiro atoms. The van der Waals surface area contributed by atoms with Gasteiger partial charge < -0.3 is 5.32 Å². The summed E-state index contributed by atoms with van der Waals surface area (Å²) in [6.45, 7) is 2.26. The molecule has 142 valence electrons. The van der Waals surface area contributed by atoms with Gasteiger partial charge in [-0.3, -0.25) is 14.8 Å². The third kappa shape index (κ3) is 7.94. The van der Waals surface area contributed by atoms with Gasteiger partial charge in [-0.05, 0) is 24.6 Å². The van der Waals surface area contributed by atoms with Crippen LogP contribution in [0.3, 0.4) is 0 Å². The zero-order valence-corrected chi connectivity index (χ0v) is 16.2. The minimum absolute atomic E-state index is 0.0872. The van der Waals surface area contributed by atoms with Gasteiger partial charge in [0.15, 0.2) is 0 Å². The number of amides is 1. The van der Waals surface area contributed by atoms with Crippen LogP contribution in [-0.2, 0) is 4.79 Å². The van der Waals surface area contributed by atoms with Gasteiger partial charge in [0.25, 0.3) is 0 Å². The first-order valence-electron chi connectivity index (χ1n) is 10.3. The van der Waals surface area contributed by atoms with Gasteiger partial charge in [0.2, 0.25) is 5.91 Å². The summed E-state index contributed by atoms with van der Waals surface area (Å²) >= 11 is 0. The molecule has 0 saturated carbocycles. The fraction of sp³-hybridized carbons (Fsp3) is 0.591. The van der Waals surface area contributed by atoms with Crippen molar-refractivity contribution in [3.05, 3.63) is 30.6 Å². The maximum Gasteiger partial charge on any atom is 0.224 e. The molecular formula is C22H33N3O. The first-order chi connectivity index (χ1) is 12.8. The van der Waals surface area contributed by atoms with Crippen molar-refractivity contribution in [1.82, 2.24) is 9.97 Å². The number of carbonyl (C=O) groups excluding carboxylic acids is 1. The second-order valence-electron chi connectivity index (χ2n) is 7.09. The van der Waals surface area contributed by atoms with Crippen molar-refractivity contribution in [2.24, 2.45) is 0 Å². The first kappa shape index (κ1) is 20.3. The number of fused-ring (bicyclic) bond motifs is 1. The highest BCUT2D eigenvalue weighted by Crippen LogP contribution is 2.16. The highest BCUT2D eigenvalue weighted by Gasteiger charge is 2.04. The molecule has 2 aromatic rings. The Morgan fingerprint density at radius 3 is 2.04 bits per heavy atom. The molecule has 1 aromatic heterocycles. The molecule has 0 aliphatic carbocycles. The molecule has 0 fully saturated rings. The van der Waals surface area contributed by atoms with E-state index in [1.165, 1.54) is 57.8 Å². The van der Waals surface area contributed by atoms with Crippen LogP contribution in [0.25, 0.3) is 11.0 Å². The molecule has 0 radical (unpaired) electrons. The number of rotatable bonds is 13. The summed E-state index contributed by atoms with van der Waals surface area (Å²) in [5, 5.41) is 2.96. The van der Waals surface area contributed by atoms with Crippen LogP contribution in [0.15, 0.2) is 30.6 Å². The molecular weight excluding hydrogens is 322 g/mol. The van der Waals surface area contributed by atoms with E-state index in [9.17, 15) is 4.79 Å². The van der Waals surface area contributed by atoms with Crippen LogP contribution in [-0.4, -0.2) is 15.9 Å². The summed E-state index contributed by atoms with van der Waals surface area (Å²) in [6, 6.07) is 5.65. The van der Waals surface area contributed by atoms with Gasteiger partial charge in [-0.25, -0.2) is 0 Å². The highest BCUT2D eigenvalue weighted by atomic mass is 16.1. The number of nitrogens with one attached hydrogen (secondary N) is 1. The van der Waals surface area contributed by atoms with Crippen LogP contribution < -0.4 is 5.32 Å². The van der Waals surface area contributed by atoms with Crippen LogP contribution in [0.4, 0.5) is 5.69 Å². The number of anilines is 1. The van der Waals surface area contributed by atoms with Gasteiger partial charge in [-0.15, -0.1) is 0 Å². The van der Waals surface area contributed by atoms with Gasteiger partial charge in [-0.2, -0.15) is 0 Å². The molecule has 26 heavy (non-hydrogen) atoms. The Balaban J connectivity index is 1.51. The van der Waals surface area contributed by atoms with Crippen molar-refractivity contribution < 1.29 is 4.79 Å². The third-order valence-electron chi connectivity index (χ3n) is 4.76. The number of carbonyl (C=O) groups is 1. The average Bonchev–Trinajstić information content (AvgIpc) is 2.66. The zero-order valence-electron chi connectivity index (χ0n) is 16.2. The fourth-order valence-corrected chi connectivity index (χ4v) is 3.21. The molecule has 0 unspecified atom stereocenters. The van der Waals surface area contributed by atoms with Gasteiger partial charge in [-0.1, -0.05) is 71.1 Å². The van der Waals surface area contributed by atoms with Crippen molar-refractivity contribution in [2.45, 2.75) is 84.0 Å². The largest absolute Gasteiger partial charge is 0.326 e. The summed E-state index contributed by atoms with van der Waals surface area (Å²) < 4.78 is 0. The minimum Gasteiger partial charge on any atom is -0.326 e. The van der Waals surface area contributed by atoms with Gasteiger partial charge in [0.05, 0.1) is 11.0 Å². The third-order valence-corrected chi connectivity index (χ3v) is 4.76. The molecule has 0 saturated heterocycles. The minimum atomic E-state index is 0.0872. The lowest BCUT2D eigenvalue weighted by atomic mass is 10.1. The van der Waals surface area contributed by atoms with E-state index in [1.807, 2.05) is 18.2 Å². The van der Waals surface area contributed by atoms with E-state index < -0.39 is 0 Å². The van der Waals surface area contributed by atoms with Crippen LogP contribution in [0.1, 0.15) is 84.0 Å². The summed E-state index contributed by atoms with van der Waals surface area (Å²) in [5.41, 5.74) is 2.45. The van der Waals surface area contributed by atoms with E-state index in [-0.39, 0.29) is 5.91 Å². The van der Waals surface area contributed by atoms with Crippen molar-refractivity contribution >= 4 is 22.6 Å². The Hall–Kier alpha value is -1.97. The van der Waals surface area contributed by atoms with Crippen molar-refractivity contribution in [3.63, 3.8) is 0 Å². The quantitative estimate of drug-likeness (QED) is 0.431. The first-order valence-corrected chi connectivity index (χ1v) is 10.3. The lowest BCUT2D eigenvalue weighted by Crippen LogP contribution is -2.11. The summed E-state index contributed by atoms with van der Waals surface area (Å²) in [6.07, 6.45) is 18.2. The van der Waals surface area contributed by atoms with E-state index in [4.69, 9.17) is 0 Å².